The summed E-state index contributed by atoms with van der Waals surface area (Å²) in [5, 5.41) is 10.8. The summed E-state index contributed by atoms with van der Waals surface area (Å²) in [5.74, 6) is 0.650. The molecule has 1 heterocycles. The maximum atomic E-state index is 11.2. The third-order valence-electron chi connectivity index (χ3n) is 3.03. The number of rotatable bonds is 4. The number of benzene rings is 2. The van der Waals surface area contributed by atoms with Crippen LogP contribution in [-0.2, 0) is 4.79 Å². The predicted molar refractivity (Wildman–Crippen MR) is 84.0 cm³/mol. The van der Waals surface area contributed by atoms with Crippen LogP contribution in [0.4, 0.5) is 5.69 Å². The van der Waals surface area contributed by atoms with E-state index in [9.17, 15) is 4.79 Å². The number of hydrogen-bond donors (Lipinski definition) is 1. The number of carbonyl (C=O) groups is 1. The Bertz CT molecular complexity index is 792. The lowest BCUT2D eigenvalue weighted by Crippen LogP contribution is -2.06. The number of hydrogen-bond acceptors (Lipinski definition) is 4. The highest BCUT2D eigenvalue weighted by Crippen LogP contribution is 2.24. The maximum Gasteiger partial charge on any atom is 0.248 e. The largest absolute Gasteiger partial charge is 0.416 e. The minimum Gasteiger partial charge on any atom is -0.416 e. The molecule has 0 saturated carbocycles. The molecule has 0 spiro atoms. The fourth-order valence-corrected chi connectivity index (χ4v) is 1.93. The second-order valence-electron chi connectivity index (χ2n) is 4.55. The first-order valence-corrected chi connectivity index (χ1v) is 6.69. The van der Waals surface area contributed by atoms with Crippen molar-refractivity contribution >= 4 is 11.6 Å². The van der Waals surface area contributed by atoms with Crippen molar-refractivity contribution in [2.45, 2.75) is 0 Å². The van der Waals surface area contributed by atoms with Gasteiger partial charge >= 0.3 is 0 Å². The van der Waals surface area contributed by atoms with Gasteiger partial charge in [0.2, 0.25) is 17.7 Å². The third-order valence-corrected chi connectivity index (χ3v) is 3.03. The number of anilines is 1. The lowest BCUT2D eigenvalue weighted by Gasteiger charge is -2.02. The smallest absolute Gasteiger partial charge is 0.248 e. The van der Waals surface area contributed by atoms with Crippen molar-refractivity contribution in [3.8, 4) is 22.9 Å². The summed E-state index contributed by atoms with van der Waals surface area (Å²) in [6.45, 7) is 3.41. The first-order valence-electron chi connectivity index (χ1n) is 6.69. The van der Waals surface area contributed by atoms with E-state index in [1.54, 1.807) is 24.3 Å². The molecular weight excluding hydrogens is 278 g/mol. The van der Waals surface area contributed by atoms with Gasteiger partial charge in [-0.25, -0.2) is 0 Å². The quantitative estimate of drug-likeness (QED) is 0.747. The summed E-state index contributed by atoms with van der Waals surface area (Å²) < 4.78 is 5.67. The molecule has 0 unspecified atom stereocenters. The van der Waals surface area contributed by atoms with Gasteiger partial charge in [0.25, 0.3) is 0 Å². The van der Waals surface area contributed by atoms with E-state index in [1.807, 2.05) is 30.3 Å². The molecule has 3 aromatic rings. The van der Waals surface area contributed by atoms with Gasteiger partial charge in [0.1, 0.15) is 0 Å². The summed E-state index contributed by atoms with van der Waals surface area (Å²) >= 11 is 0. The Labute approximate surface area is 127 Å². The van der Waals surface area contributed by atoms with Gasteiger partial charge in [-0.3, -0.25) is 4.79 Å². The Kier molecular flexibility index (Phi) is 3.78. The topological polar surface area (TPSA) is 68.0 Å². The van der Waals surface area contributed by atoms with E-state index in [-0.39, 0.29) is 5.91 Å². The Morgan fingerprint density at radius 1 is 0.955 bits per heavy atom. The molecule has 1 aromatic heterocycles. The van der Waals surface area contributed by atoms with Crippen LogP contribution >= 0.6 is 0 Å². The molecule has 22 heavy (non-hydrogen) atoms. The van der Waals surface area contributed by atoms with Crippen LogP contribution in [0.5, 0.6) is 0 Å². The standard InChI is InChI=1S/C17H13N3O2/c1-2-15(21)18-14-10-8-13(9-11-14)17-20-19-16(22-17)12-6-4-3-5-7-12/h2-11H,1H2,(H,18,21). The van der Waals surface area contributed by atoms with Crippen molar-refractivity contribution in [3.05, 3.63) is 67.3 Å². The third kappa shape index (κ3) is 2.93. The minimum absolute atomic E-state index is 0.253. The second-order valence-corrected chi connectivity index (χ2v) is 4.55. The number of nitrogens with zero attached hydrogens (tertiary/aromatic N) is 2. The van der Waals surface area contributed by atoms with Crippen LogP contribution in [0.1, 0.15) is 0 Å². The van der Waals surface area contributed by atoms with E-state index in [4.69, 9.17) is 4.42 Å². The number of amides is 1. The highest BCUT2D eigenvalue weighted by Gasteiger charge is 2.10. The first kappa shape index (κ1) is 13.8. The SMILES string of the molecule is C=CC(=O)Nc1ccc(-c2nnc(-c3ccccc3)o2)cc1. The highest BCUT2D eigenvalue weighted by atomic mass is 16.4. The Balaban J connectivity index is 1.82. The fourth-order valence-electron chi connectivity index (χ4n) is 1.93. The van der Waals surface area contributed by atoms with Crippen molar-refractivity contribution in [1.82, 2.24) is 10.2 Å². The molecule has 0 aliphatic heterocycles. The summed E-state index contributed by atoms with van der Waals surface area (Å²) in [5.41, 5.74) is 2.33. The fraction of sp³-hybridized carbons (Fsp3) is 0. The molecule has 0 aliphatic rings. The van der Waals surface area contributed by atoms with Gasteiger partial charge in [-0.15, -0.1) is 10.2 Å². The van der Waals surface area contributed by atoms with Crippen LogP contribution in [0.15, 0.2) is 71.7 Å². The molecular formula is C17H13N3O2. The van der Waals surface area contributed by atoms with Crippen molar-refractivity contribution in [3.63, 3.8) is 0 Å². The van der Waals surface area contributed by atoms with Gasteiger partial charge in [-0.05, 0) is 42.5 Å². The maximum absolute atomic E-state index is 11.2. The van der Waals surface area contributed by atoms with Crippen LogP contribution in [0.25, 0.3) is 22.9 Å². The van der Waals surface area contributed by atoms with E-state index in [0.29, 0.717) is 17.5 Å². The average Bonchev–Trinajstić information content (AvgIpc) is 3.06. The van der Waals surface area contributed by atoms with E-state index >= 15 is 0 Å². The van der Waals surface area contributed by atoms with Gasteiger partial charge in [0.15, 0.2) is 0 Å². The normalized spacial score (nSPS) is 10.2. The van der Waals surface area contributed by atoms with Crippen LogP contribution < -0.4 is 5.32 Å². The first-order chi connectivity index (χ1) is 10.8. The summed E-state index contributed by atoms with van der Waals surface area (Å²) in [6, 6.07) is 16.7. The summed E-state index contributed by atoms with van der Waals surface area (Å²) in [4.78, 5) is 11.2. The van der Waals surface area contributed by atoms with E-state index in [2.05, 4.69) is 22.1 Å². The van der Waals surface area contributed by atoms with E-state index in [0.717, 1.165) is 11.1 Å². The van der Waals surface area contributed by atoms with Gasteiger partial charge in [-0.2, -0.15) is 0 Å². The van der Waals surface area contributed by atoms with Gasteiger partial charge in [-0.1, -0.05) is 24.8 Å². The number of nitrogens with one attached hydrogen (secondary N) is 1. The molecule has 2 aromatic carbocycles. The summed E-state index contributed by atoms with van der Waals surface area (Å²) in [7, 11) is 0. The zero-order valence-electron chi connectivity index (χ0n) is 11.7. The van der Waals surface area contributed by atoms with Gasteiger partial charge < -0.3 is 9.73 Å². The average molecular weight is 291 g/mol. The van der Waals surface area contributed by atoms with E-state index in [1.165, 1.54) is 6.08 Å². The molecule has 0 radical (unpaired) electrons. The molecule has 5 heteroatoms. The highest BCUT2D eigenvalue weighted by molar-refractivity contribution is 5.98. The molecule has 5 nitrogen and oxygen atoms in total. The molecule has 0 saturated heterocycles. The molecule has 0 aliphatic carbocycles. The lowest BCUT2D eigenvalue weighted by atomic mass is 10.2. The Morgan fingerprint density at radius 3 is 2.14 bits per heavy atom. The Hall–Kier alpha value is -3.21. The molecule has 108 valence electrons. The van der Waals surface area contributed by atoms with E-state index < -0.39 is 0 Å². The minimum atomic E-state index is -0.253. The van der Waals surface area contributed by atoms with Crippen molar-refractivity contribution in [2.24, 2.45) is 0 Å². The van der Waals surface area contributed by atoms with Crippen LogP contribution in [0, 0.1) is 0 Å². The molecule has 3 rings (SSSR count). The lowest BCUT2D eigenvalue weighted by molar-refractivity contribution is -0.111. The summed E-state index contributed by atoms with van der Waals surface area (Å²) in [6.07, 6.45) is 1.22. The van der Waals surface area contributed by atoms with Crippen molar-refractivity contribution < 1.29 is 9.21 Å². The monoisotopic (exact) mass is 291 g/mol. The zero-order chi connectivity index (χ0) is 15.4. The van der Waals surface area contributed by atoms with Gasteiger partial charge in [0.05, 0.1) is 0 Å². The molecule has 1 amide bonds. The van der Waals surface area contributed by atoms with Crippen LogP contribution in [0.3, 0.4) is 0 Å². The van der Waals surface area contributed by atoms with Crippen molar-refractivity contribution in [1.29, 1.82) is 0 Å². The number of aromatic nitrogens is 2. The molecule has 0 atom stereocenters. The molecule has 1 N–H and O–H groups in total. The Morgan fingerprint density at radius 2 is 1.55 bits per heavy atom. The van der Waals surface area contributed by atoms with Crippen LogP contribution in [-0.4, -0.2) is 16.1 Å². The number of carbonyl (C=O) groups excluding carboxylic acids is 1. The molecule has 0 fully saturated rings. The molecule has 0 bridgehead atoms. The van der Waals surface area contributed by atoms with Gasteiger partial charge in [0, 0.05) is 16.8 Å². The predicted octanol–water partition coefficient (Wildman–Crippen LogP) is 3.53. The van der Waals surface area contributed by atoms with Crippen molar-refractivity contribution in [2.75, 3.05) is 5.32 Å². The van der Waals surface area contributed by atoms with Crippen LogP contribution in [0.2, 0.25) is 0 Å². The second kappa shape index (κ2) is 6.05. The zero-order valence-corrected chi connectivity index (χ0v) is 11.7.